The van der Waals surface area contributed by atoms with Gasteiger partial charge >= 0.3 is 5.97 Å². The third-order valence-corrected chi connectivity index (χ3v) is 5.93. The number of pyridine rings is 1. The lowest BCUT2D eigenvalue weighted by atomic mass is 9.97. The van der Waals surface area contributed by atoms with Crippen molar-refractivity contribution >= 4 is 38.5 Å². The van der Waals surface area contributed by atoms with Gasteiger partial charge in [0.2, 0.25) is 0 Å². The molecule has 4 aromatic rings. The lowest BCUT2D eigenvalue weighted by Crippen LogP contribution is -2.32. The van der Waals surface area contributed by atoms with E-state index >= 15 is 0 Å². The molecule has 4 rings (SSSR count). The molecule has 2 aromatic carbocycles. The molecule has 0 saturated carbocycles. The van der Waals surface area contributed by atoms with Crippen molar-refractivity contribution in [3.05, 3.63) is 47.8 Å². The van der Waals surface area contributed by atoms with E-state index in [1.807, 2.05) is 13.0 Å². The first-order chi connectivity index (χ1) is 14.5. The topological polar surface area (TPSA) is 55.2 Å². The first kappa shape index (κ1) is 20.2. The number of carbonyl (C=O) groups is 1. The number of unbranched alkanes of at least 4 members (excludes halogenated alkanes) is 1. The number of nitrogens with zero attached hydrogens (tertiary/aromatic N) is 1. The summed E-state index contributed by atoms with van der Waals surface area (Å²) < 4.78 is 12.7. The van der Waals surface area contributed by atoms with E-state index in [-0.39, 0.29) is 5.97 Å². The highest BCUT2D eigenvalue weighted by Gasteiger charge is 2.17. The maximum Gasteiger partial charge on any atom is 0.305 e. The number of hydrogen-bond donors (Lipinski definition) is 1. The largest absolute Gasteiger partial charge is 0.497 e. The van der Waals surface area contributed by atoms with E-state index in [0.717, 1.165) is 30.7 Å². The molecule has 5 heteroatoms. The number of benzene rings is 2. The molecule has 1 N–H and O–H groups in total. The Hall–Kier alpha value is -3.08. The second-order valence-electron chi connectivity index (χ2n) is 7.81. The smallest absolute Gasteiger partial charge is 0.305 e. The van der Waals surface area contributed by atoms with Gasteiger partial charge in [-0.05, 0) is 61.9 Å². The van der Waals surface area contributed by atoms with Gasteiger partial charge in [0, 0.05) is 40.6 Å². The Labute approximate surface area is 176 Å². The highest BCUT2D eigenvalue weighted by molar-refractivity contribution is 6.16. The molecule has 156 valence electrons. The molecule has 2 heterocycles. The molecule has 0 aliphatic rings. The van der Waals surface area contributed by atoms with E-state index in [1.165, 1.54) is 38.2 Å². The number of aryl methyl sites for hydroxylation is 3. The first-order valence-electron chi connectivity index (χ1n) is 10.6. The minimum absolute atomic E-state index is 0.107. The molecule has 2 aromatic heterocycles. The van der Waals surface area contributed by atoms with Crippen LogP contribution < -0.4 is 9.30 Å². The van der Waals surface area contributed by atoms with Gasteiger partial charge in [-0.3, -0.25) is 4.79 Å². The van der Waals surface area contributed by atoms with Crippen LogP contribution in [-0.4, -0.2) is 24.7 Å². The Morgan fingerprint density at radius 1 is 1.07 bits per heavy atom. The molecule has 30 heavy (non-hydrogen) atoms. The minimum Gasteiger partial charge on any atom is -0.497 e. The van der Waals surface area contributed by atoms with Crippen molar-refractivity contribution in [1.82, 2.24) is 4.98 Å². The van der Waals surface area contributed by atoms with Gasteiger partial charge in [-0.2, -0.15) is 0 Å². The number of aromatic amines is 1. The standard InChI is InChI=1S/C25H28N2O3/c1-5-30-23(28)8-6-7-12-27-13-11-19-17(3)25-24(16(2)21(19)15-27)20-14-18(29-4)9-10-22(20)26-25/h9-11,13-15H,5-8,12H2,1-4H3/p+1. The third-order valence-electron chi connectivity index (χ3n) is 5.93. The van der Waals surface area contributed by atoms with E-state index in [2.05, 4.69) is 54.0 Å². The third kappa shape index (κ3) is 3.60. The SMILES string of the molecule is CCOC(=O)CCCC[n+]1ccc2c(C)c3[nH]c4ccc(OC)cc4c3c(C)c2c1. The van der Waals surface area contributed by atoms with Crippen LogP contribution >= 0.6 is 0 Å². The molecule has 0 saturated heterocycles. The second-order valence-corrected chi connectivity index (χ2v) is 7.81. The number of fused-ring (bicyclic) bond motifs is 4. The van der Waals surface area contributed by atoms with E-state index in [4.69, 9.17) is 9.47 Å². The summed E-state index contributed by atoms with van der Waals surface area (Å²) in [5.41, 5.74) is 4.84. The summed E-state index contributed by atoms with van der Waals surface area (Å²) in [7, 11) is 1.70. The number of esters is 1. The van der Waals surface area contributed by atoms with Gasteiger partial charge in [0.25, 0.3) is 0 Å². The van der Waals surface area contributed by atoms with Crippen LogP contribution in [-0.2, 0) is 16.1 Å². The summed E-state index contributed by atoms with van der Waals surface area (Å²) >= 11 is 0. The highest BCUT2D eigenvalue weighted by Crippen LogP contribution is 2.37. The van der Waals surface area contributed by atoms with Gasteiger partial charge in [-0.1, -0.05) is 0 Å². The fraction of sp³-hybridized carbons (Fsp3) is 0.360. The Kier molecular flexibility index (Phi) is 5.62. The van der Waals surface area contributed by atoms with Crippen molar-refractivity contribution in [3.63, 3.8) is 0 Å². The fourth-order valence-corrected chi connectivity index (χ4v) is 4.34. The molecule has 0 spiro atoms. The predicted molar refractivity (Wildman–Crippen MR) is 120 cm³/mol. The normalized spacial score (nSPS) is 11.5. The number of aromatic nitrogens is 2. The molecule has 0 fully saturated rings. The van der Waals surface area contributed by atoms with Crippen molar-refractivity contribution in [2.75, 3.05) is 13.7 Å². The van der Waals surface area contributed by atoms with E-state index < -0.39 is 0 Å². The summed E-state index contributed by atoms with van der Waals surface area (Å²) in [5.74, 6) is 0.759. The van der Waals surface area contributed by atoms with Crippen LogP contribution in [0.3, 0.4) is 0 Å². The summed E-state index contributed by atoms with van der Waals surface area (Å²) in [4.78, 5) is 15.1. The monoisotopic (exact) mass is 405 g/mol. The fourth-order valence-electron chi connectivity index (χ4n) is 4.34. The quantitative estimate of drug-likeness (QED) is 0.264. The van der Waals surface area contributed by atoms with Crippen molar-refractivity contribution in [3.8, 4) is 5.75 Å². The van der Waals surface area contributed by atoms with Crippen molar-refractivity contribution in [2.24, 2.45) is 0 Å². The van der Waals surface area contributed by atoms with Gasteiger partial charge in [-0.25, -0.2) is 4.57 Å². The minimum atomic E-state index is -0.107. The summed E-state index contributed by atoms with van der Waals surface area (Å²) in [6.07, 6.45) is 6.64. The van der Waals surface area contributed by atoms with Gasteiger partial charge in [0.1, 0.15) is 12.3 Å². The maximum absolute atomic E-state index is 11.5. The van der Waals surface area contributed by atoms with Crippen molar-refractivity contribution in [2.45, 2.75) is 46.6 Å². The second kappa shape index (κ2) is 8.34. The molecule has 0 aliphatic carbocycles. The zero-order valence-electron chi connectivity index (χ0n) is 18.2. The van der Waals surface area contributed by atoms with Gasteiger partial charge in [0.05, 0.1) is 19.2 Å². The first-order valence-corrected chi connectivity index (χ1v) is 10.6. The molecule has 0 aliphatic heterocycles. The van der Waals surface area contributed by atoms with Crippen LogP contribution in [0.4, 0.5) is 0 Å². The van der Waals surface area contributed by atoms with Gasteiger partial charge < -0.3 is 14.5 Å². The van der Waals surface area contributed by atoms with Gasteiger partial charge in [0.15, 0.2) is 12.4 Å². The van der Waals surface area contributed by atoms with Crippen LogP contribution in [0.15, 0.2) is 36.7 Å². The average Bonchev–Trinajstić information content (AvgIpc) is 3.14. The Morgan fingerprint density at radius 3 is 2.67 bits per heavy atom. The number of rotatable bonds is 7. The van der Waals surface area contributed by atoms with E-state index in [9.17, 15) is 4.79 Å². The van der Waals surface area contributed by atoms with Crippen LogP contribution in [0, 0.1) is 13.8 Å². The van der Waals surface area contributed by atoms with Crippen molar-refractivity contribution < 1.29 is 18.8 Å². The summed E-state index contributed by atoms with van der Waals surface area (Å²) in [6.45, 7) is 7.55. The van der Waals surface area contributed by atoms with Crippen LogP contribution in [0.25, 0.3) is 32.6 Å². The maximum atomic E-state index is 11.5. The van der Waals surface area contributed by atoms with E-state index in [0.29, 0.717) is 13.0 Å². The molecule has 5 nitrogen and oxygen atoms in total. The molecule has 0 radical (unpaired) electrons. The Morgan fingerprint density at radius 2 is 1.90 bits per heavy atom. The zero-order valence-corrected chi connectivity index (χ0v) is 18.2. The van der Waals surface area contributed by atoms with Crippen LogP contribution in [0.2, 0.25) is 0 Å². The lowest BCUT2D eigenvalue weighted by Gasteiger charge is -2.09. The van der Waals surface area contributed by atoms with Crippen LogP contribution in [0.1, 0.15) is 37.3 Å². The van der Waals surface area contributed by atoms with E-state index in [1.54, 1.807) is 7.11 Å². The number of nitrogens with one attached hydrogen (secondary N) is 1. The molecule has 0 atom stereocenters. The lowest BCUT2D eigenvalue weighted by molar-refractivity contribution is -0.696. The molecule has 0 bridgehead atoms. The zero-order chi connectivity index (χ0) is 21.3. The number of hydrogen-bond acceptors (Lipinski definition) is 3. The average molecular weight is 406 g/mol. The molecular formula is C25H29N2O3+. The van der Waals surface area contributed by atoms with Crippen LogP contribution in [0.5, 0.6) is 5.75 Å². The predicted octanol–water partition coefficient (Wildman–Crippen LogP) is 5.12. The van der Waals surface area contributed by atoms with Crippen molar-refractivity contribution in [1.29, 1.82) is 0 Å². The Bertz CT molecular complexity index is 1240. The number of H-pyrrole nitrogens is 1. The number of ether oxygens (including phenoxy) is 2. The number of methoxy groups -OCH3 is 1. The number of carbonyl (C=O) groups excluding carboxylic acids is 1. The molecule has 0 amide bonds. The molecular weight excluding hydrogens is 376 g/mol. The summed E-state index contributed by atoms with van der Waals surface area (Å²) in [6, 6.07) is 8.39. The summed E-state index contributed by atoms with van der Waals surface area (Å²) in [5, 5.41) is 4.98. The van der Waals surface area contributed by atoms with Gasteiger partial charge in [-0.15, -0.1) is 0 Å². The molecule has 0 unspecified atom stereocenters. The highest BCUT2D eigenvalue weighted by atomic mass is 16.5. The Balaban J connectivity index is 1.70.